The van der Waals surface area contributed by atoms with Gasteiger partial charge < -0.3 is 4.57 Å². The standard InChI is InChI=1S/C74H42N6S2/c1-3-18-43(19-4-1)45-22-15-23-47(40-45)72-77-70(44-20-5-2-6-21-44)78-73(79-72)54-28-17-30-58-65(54)55-41-48(37-39-56(55)74(58)57-29-10-12-33-61(57)80-60-32-11-7-24-49(60)52-27-16-31-59(74)68(52)80)71-75-66(69-67(76-71)53-26-9-14-35-63(53)82-69)46-36-38-51-50-25-8-13-34-62(50)81-64(51)42-46/h1-42H. The second kappa shape index (κ2) is 17.4. The zero-order valence-electron chi connectivity index (χ0n) is 43.7. The molecule has 380 valence electrons. The van der Waals surface area contributed by atoms with Crippen LogP contribution in [0.15, 0.2) is 255 Å². The number of rotatable bonds is 6. The van der Waals surface area contributed by atoms with Gasteiger partial charge >= 0.3 is 0 Å². The highest BCUT2D eigenvalue weighted by atomic mass is 32.1. The summed E-state index contributed by atoms with van der Waals surface area (Å²) >= 11 is 3.60. The van der Waals surface area contributed by atoms with E-state index < -0.39 is 5.41 Å². The molecule has 5 aromatic heterocycles. The average molecular weight is 1080 g/mol. The van der Waals surface area contributed by atoms with Crippen LogP contribution in [0.4, 0.5) is 0 Å². The van der Waals surface area contributed by atoms with Gasteiger partial charge in [0.2, 0.25) is 0 Å². The minimum absolute atomic E-state index is 0.594. The van der Waals surface area contributed by atoms with Gasteiger partial charge in [-0.05, 0) is 87.0 Å². The molecule has 6 heterocycles. The van der Waals surface area contributed by atoms with Crippen LogP contribution < -0.4 is 0 Å². The quantitative estimate of drug-likeness (QED) is 0.166. The van der Waals surface area contributed by atoms with Crippen molar-refractivity contribution in [2.24, 2.45) is 0 Å². The SMILES string of the molecule is c1ccc(-c2cccc(-c3nc(-c4ccccc4)nc(-c4cccc5c4-c4cc(-c6nc(-c7ccc8c(c7)sc7ccccc78)c7sc8ccccc8c7n6)ccc4C54c5ccccc5-n5c6ccccc6c6cccc4c65)n3)c2)cc1. The van der Waals surface area contributed by atoms with Crippen molar-refractivity contribution in [2.75, 3.05) is 0 Å². The maximum absolute atomic E-state index is 5.67. The molecular formula is C74H42N6S2. The predicted molar refractivity (Wildman–Crippen MR) is 339 cm³/mol. The van der Waals surface area contributed by atoms with Crippen LogP contribution in [0, 0.1) is 0 Å². The molecule has 1 aliphatic carbocycles. The fourth-order valence-electron chi connectivity index (χ4n) is 13.6. The number of thiophene rings is 2. The fraction of sp³-hybridized carbons (Fsp3) is 0.0135. The molecule has 6 nitrogen and oxygen atoms in total. The summed E-state index contributed by atoms with van der Waals surface area (Å²) in [5.74, 6) is 2.47. The molecule has 0 amide bonds. The van der Waals surface area contributed by atoms with Gasteiger partial charge in [-0.25, -0.2) is 24.9 Å². The van der Waals surface area contributed by atoms with Crippen molar-refractivity contribution in [1.82, 2.24) is 29.5 Å². The first-order valence-corrected chi connectivity index (χ1v) is 29.3. The summed E-state index contributed by atoms with van der Waals surface area (Å²) in [6, 6.07) is 92.0. The first kappa shape index (κ1) is 45.6. The maximum atomic E-state index is 5.67. The molecule has 1 unspecified atom stereocenters. The van der Waals surface area contributed by atoms with E-state index in [2.05, 4.69) is 241 Å². The van der Waals surface area contributed by atoms with Crippen LogP contribution in [0.1, 0.15) is 22.3 Å². The molecule has 1 aliphatic heterocycles. The Bertz CT molecular complexity index is 5370. The number of hydrogen-bond donors (Lipinski definition) is 0. The second-order valence-electron chi connectivity index (χ2n) is 21.4. The van der Waals surface area contributed by atoms with Gasteiger partial charge in [-0.15, -0.1) is 22.7 Å². The normalized spacial score (nSPS) is 14.1. The number of para-hydroxylation sites is 3. The van der Waals surface area contributed by atoms with E-state index >= 15 is 0 Å². The average Bonchev–Trinajstić information content (AvgIpc) is 1.95. The van der Waals surface area contributed by atoms with E-state index in [9.17, 15) is 0 Å². The van der Waals surface area contributed by atoms with Gasteiger partial charge in [0.1, 0.15) is 0 Å². The van der Waals surface area contributed by atoms with Crippen molar-refractivity contribution in [2.45, 2.75) is 5.41 Å². The zero-order chi connectivity index (χ0) is 53.6. The Morgan fingerprint density at radius 1 is 0.317 bits per heavy atom. The van der Waals surface area contributed by atoms with Crippen LogP contribution >= 0.6 is 22.7 Å². The molecule has 8 heteroatoms. The third-order valence-electron chi connectivity index (χ3n) is 17.1. The summed E-state index contributed by atoms with van der Waals surface area (Å²) in [5.41, 5.74) is 18.6. The van der Waals surface area contributed by atoms with Crippen molar-refractivity contribution in [3.63, 3.8) is 0 Å². The predicted octanol–water partition coefficient (Wildman–Crippen LogP) is 19.2. The maximum Gasteiger partial charge on any atom is 0.164 e. The van der Waals surface area contributed by atoms with Gasteiger partial charge in [-0.2, -0.15) is 0 Å². The molecular weight excluding hydrogens is 1040 g/mol. The minimum atomic E-state index is -0.749. The lowest BCUT2D eigenvalue weighted by Crippen LogP contribution is -2.33. The summed E-state index contributed by atoms with van der Waals surface area (Å²) < 4.78 is 7.28. The van der Waals surface area contributed by atoms with Crippen LogP contribution in [0.5, 0.6) is 0 Å². The van der Waals surface area contributed by atoms with Crippen molar-refractivity contribution >= 4 is 85.0 Å². The van der Waals surface area contributed by atoms with Crippen molar-refractivity contribution < 1.29 is 0 Å². The number of hydrogen-bond acceptors (Lipinski definition) is 7. The van der Waals surface area contributed by atoms with Gasteiger partial charge in [-0.1, -0.05) is 212 Å². The summed E-state index contributed by atoms with van der Waals surface area (Å²) in [7, 11) is 0. The van der Waals surface area contributed by atoms with Crippen LogP contribution in [0.25, 0.3) is 147 Å². The molecule has 1 atom stereocenters. The molecule has 2 aliphatic rings. The smallest absolute Gasteiger partial charge is 0.164 e. The third-order valence-corrected chi connectivity index (χ3v) is 19.4. The third kappa shape index (κ3) is 6.47. The molecule has 0 bridgehead atoms. The van der Waals surface area contributed by atoms with Crippen molar-refractivity contribution in [3.8, 4) is 84.7 Å². The highest BCUT2D eigenvalue weighted by molar-refractivity contribution is 7.26. The topological polar surface area (TPSA) is 69.4 Å². The summed E-state index contributed by atoms with van der Waals surface area (Å²) in [6.07, 6.45) is 0. The Hall–Kier alpha value is -10.3. The molecule has 16 aromatic rings. The molecule has 0 N–H and O–H groups in total. The van der Waals surface area contributed by atoms with E-state index in [-0.39, 0.29) is 0 Å². The zero-order valence-corrected chi connectivity index (χ0v) is 45.4. The van der Waals surface area contributed by atoms with E-state index in [0.29, 0.717) is 23.3 Å². The Morgan fingerprint density at radius 2 is 0.915 bits per heavy atom. The fourth-order valence-corrected chi connectivity index (χ4v) is 15.9. The van der Waals surface area contributed by atoms with Crippen molar-refractivity contribution in [3.05, 3.63) is 277 Å². The van der Waals surface area contributed by atoms with E-state index in [0.717, 1.165) is 77.1 Å². The Morgan fingerprint density at radius 3 is 1.78 bits per heavy atom. The lowest BCUT2D eigenvalue weighted by Gasteiger charge is -2.39. The van der Waals surface area contributed by atoms with Crippen LogP contribution in [-0.2, 0) is 5.41 Å². The number of nitrogens with zero attached hydrogens (tertiary/aromatic N) is 6. The monoisotopic (exact) mass is 1080 g/mol. The molecule has 0 saturated heterocycles. The highest BCUT2D eigenvalue weighted by Gasteiger charge is 2.52. The largest absolute Gasteiger partial charge is 0.309 e. The summed E-state index contributed by atoms with van der Waals surface area (Å²) in [4.78, 5) is 27.6. The number of benzene rings is 11. The Balaban J connectivity index is 0.923. The van der Waals surface area contributed by atoms with E-state index in [1.807, 2.05) is 29.5 Å². The van der Waals surface area contributed by atoms with Gasteiger partial charge in [0, 0.05) is 68.8 Å². The first-order chi connectivity index (χ1) is 40.6. The lowest BCUT2D eigenvalue weighted by molar-refractivity contribution is 0.748. The first-order valence-electron chi connectivity index (χ1n) is 27.6. The summed E-state index contributed by atoms with van der Waals surface area (Å²) in [5, 5.41) is 6.12. The van der Waals surface area contributed by atoms with Crippen molar-refractivity contribution in [1.29, 1.82) is 0 Å². The van der Waals surface area contributed by atoms with Gasteiger partial charge in [0.25, 0.3) is 0 Å². The highest BCUT2D eigenvalue weighted by Crippen LogP contribution is 2.63. The van der Waals surface area contributed by atoms with Gasteiger partial charge in [0.15, 0.2) is 23.3 Å². The minimum Gasteiger partial charge on any atom is -0.309 e. The molecule has 11 aromatic carbocycles. The molecule has 0 radical (unpaired) electrons. The van der Waals surface area contributed by atoms with Crippen LogP contribution in [0.3, 0.4) is 0 Å². The Kier molecular flexibility index (Phi) is 9.66. The number of fused-ring (bicyclic) bond motifs is 18. The molecule has 1 spiro atoms. The van der Waals surface area contributed by atoms with E-state index in [1.54, 1.807) is 11.3 Å². The molecule has 18 rings (SSSR count). The van der Waals surface area contributed by atoms with Gasteiger partial charge in [0.05, 0.1) is 38.0 Å². The van der Waals surface area contributed by atoms with Crippen LogP contribution in [0.2, 0.25) is 0 Å². The van der Waals surface area contributed by atoms with Crippen LogP contribution in [-0.4, -0.2) is 29.5 Å². The molecule has 82 heavy (non-hydrogen) atoms. The lowest BCUT2D eigenvalue weighted by atomic mass is 9.65. The summed E-state index contributed by atoms with van der Waals surface area (Å²) in [6.45, 7) is 0. The second-order valence-corrected chi connectivity index (χ2v) is 23.5. The van der Waals surface area contributed by atoms with Gasteiger partial charge in [-0.3, -0.25) is 0 Å². The molecule has 0 fully saturated rings. The molecule has 0 saturated carbocycles. The van der Waals surface area contributed by atoms with E-state index in [4.69, 9.17) is 24.9 Å². The Labute approximate surface area is 478 Å². The number of aromatic nitrogens is 6. The van der Waals surface area contributed by atoms with E-state index in [1.165, 1.54) is 68.9 Å².